The Kier molecular flexibility index (Phi) is 5.17. The van der Waals surface area contributed by atoms with Crippen LogP contribution >= 0.6 is 0 Å². The molecule has 2 aromatic carbocycles. The number of halogens is 1. The van der Waals surface area contributed by atoms with Gasteiger partial charge in [-0.25, -0.2) is 4.39 Å². The van der Waals surface area contributed by atoms with Crippen LogP contribution in [0.4, 0.5) is 4.39 Å². The minimum Gasteiger partial charge on any atom is -0.493 e. The molecule has 3 rings (SSSR count). The molecule has 0 radical (unpaired) electrons. The average Bonchev–Trinajstić information content (AvgIpc) is 2.66. The smallest absolute Gasteiger partial charge is 0.178 e. The maximum Gasteiger partial charge on any atom is 0.178 e. The first-order chi connectivity index (χ1) is 12.9. The quantitative estimate of drug-likeness (QED) is 0.511. The van der Waals surface area contributed by atoms with Gasteiger partial charge in [0.05, 0.1) is 6.61 Å². The number of aldehydes is 1. The molecule has 0 bridgehead atoms. The van der Waals surface area contributed by atoms with Crippen molar-refractivity contribution >= 4 is 17.4 Å². The largest absolute Gasteiger partial charge is 0.493 e. The predicted molar refractivity (Wildman–Crippen MR) is 106 cm³/mol. The van der Waals surface area contributed by atoms with Crippen LogP contribution in [-0.2, 0) is 4.79 Å². The van der Waals surface area contributed by atoms with E-state index >= 15 is 0 Å². The van der Waals surface area contributed by atoms with Gasteiger partial charge in [-0.15, -0.1) is 0 Å². The Bertz CT molecular complexity index is 924. The summed E-state index contributed by atoms with van der Waals surface area (Å²) in [5.41, 5.74) is 3.19. The van der Waals surface area contributed by atoms with Crippen molar-refractivity contribution in [3.63, 3.8) is 0 Å². The third-order valence-electron chi connectivity index (χ3n) is 4.49. The SMILES string of the molecule is CCOc1cc2c(cc1C(C)=C(F)C=O)C(c1ccccc1)=CC(C)(C)O2. The van der Waals surface area contributed by atoms with E-state index in [9.17, 15) is 9.18 Å². The number of hydrogen-bond acceptors (Lipinski definition) is 3. The Balaban J connectivity index is 2.27. The molecule has 4 heteroatoms. The number of rotatable bonds is 5. The van der Waals surface area contributed by atoms with Gasteiger partial charge in [-0.1, -0.05) is 30.3 Å². The van der Waals surface area contributed by atoms with Crippen LogP contribution in [0.25, 0.3) is 11.1 Å². The normalized spacial score (nSPS) is 15.8. The van der Waals surface area contributed by atoms with Gasteiger partial charge in [-0.3, -0.25) is 4.79 Å². The number of carbonyl (C=O) groups is 1. The van der Waals surface area contributed by atoms with Crippen LogP contribution in [0.15, 0.2) is 54.4 Å². The summed E-state index contributed by atoms with van der Waals surface area (Å²) in [5, 5.41) is 0. The van der Waals surface area contributed by atoms with Gasteiger partial charge >= 0.3 is 0 Å². The molecule has 3 nitrogen and oxygen atoms in total. The lowest BCUT2D eigenvalue weighted by molar-refractivity contribution is -0.106. The van der Waals surface area contributed by atoms with Gasteiger partial charge in [0.15, 0.2) is 12.1 Å². The van der Waals surface area contributed by atoms with Gasteiger partial charge in [-0.2, -0.15) is 0 Å². The summed E-state index contributed by atoms with van der Waals surface area (Å²) in [6.07, 6.45) is 2.28. The minimum absolute atomic E-state index is 0.220. The topological polar surface area (TPSA) is 35.5 Å². The summed E-state index contributed by atoms with van der Waals surface area (Å²) in [6.45, 7) is 7.84. The zero-order valence-corrected chi connectivity index (χ0v) is 16.0. The van der Waals surface area contributed by atoms with Gasteiger partial charge < -0.3 is 9.47 Å². The van der Waals surface area contributed by atoms with Crippen LogP contribution in [0.2, 0.25) is 0 Å². The second-order valence-electron chi connectivity index (χ2n) is 7.00. The van der Waals surface area contributed by atoms with Crippen molar-refractivity contribution in [3.8, 4) is 11.5 Å². The second-order valence-corrected chi connectivity index (χ2v) is 7.00. The summed E-state index contributed by atoms with van der Waals surface area (Å²) in [4.78, 5) is 10.9. The standard InChI is InChI=1S/C23H23FO3/c1-5-26-21-12-22-18(11-17(21)15(2)20(24)14-25)19(13-23(3,4)27-22)16-9-7-6-8-10-16/h6-14H,5H2,1-4H3. The Hall–Kier alpha value is -2.88. The van der Waals surface area contributed by atoms with E-state index in [1.165, 1.54) is 0 Å². The van der Waals surface area contributed by atoms with Gasteiger partial charge in [-0.05, 0) is 56.5 Å². The molecule has 2 aromatic rings. The Morgan fingerprint density at radius 3 is 2.56 bits per heavy atom. The summed E-state index contributed by atoms with van der Waals surface area (Å²) in [6, 6.07) is 13.6. The van der Waals surface area contributed by atoms with E-state index in [4.69, 9.17) is 9.47 Å². The highest BCUT2D eigenvalue weighted by Crippen LogP contribution is 2.44. The van der Waals surface area contributed by atoms with Gasteiger partial charge in [0, 0.05) is 17.2 Å². The van der Waals surface area contributed by atoms with Gasteiger partial charge in [0.1, 0.15) is 17.1 Å². The number of hydrogen-bond donors (Lipinski definition) is 0. The number of ether oxygens (including phenoxy) is 2. The maximum atomic E-state index is 14.0. The molecule has 0 aromatic heterocycles. The zero-order chi connectivity index (χ0) is 19.6. The first-order valence-electron chi connectivity index (χ1n) is 8.96. The van der Waals surface area contributed by atoms with Crippen molar-refractivity contribution in [1.29, 1.82) is 0 Å². The van der Waals surface area contributed by atoms with E-state index in [1.54, 1.807) is 13.0 Å². The molecular formula is C23H23FO3. The number of allylic oxidation sites excluding steroid dienone is 2. The van der Waals surface area contributed by atoms with Crippen molar-refractivity contribution < 1.29 is 18.7 Å². The summed E-state index contributed by atoms with van der Waals surface area (Å²) in [5.74, 6) is 0.363. The molecule has 0 atom stereocenters. The van der Waals surface area contributed by atoms with Crippen LogP contribution in [0.3, 0.4) is 0 Å². The summed E-state index contributed by atoms with van der Waals surface area (Å²) in [7, 11) is 0. The lowest BCUT2D eigenvalue weighted by atomic mass is 9.88. The van der Waals surface area contributed by atoms with E-state index in [2.05, 4.69) is 6.08 Å². The minimum atomic E-state index is -0.807. The van der Waals surface area contributed by atoms with Crippen molar-refractivity contribution in [1.82, 2.24) is 0 Å². The van der Waals surface area contributed by atoms with E-state index in [0.29, 0.717) is 23.7 Å². The second kappa shape index (κ2) is 7.39. The lowest BCUT2D eigenvalue weighted by Gasteiger charge is -2.32. The zero-order valence-electron chi connectivity index (χ0n) is 16.0. The molecule has 0 fully saturated rings. The number of benzene rings is 2. The molecule has 0 aliphatic carbocycles. The molecule has 140 valence electrons. The fourth-order valence-corrected chi connectivity index (χ4v) is 3.24. The summed E-state index contributed by atoms with van der Waals surface area (Å²) < 4.78 is 25.9. The highest BCUT2D eigenvalue weighted by atomic mass is 19.1. The van der Waals surface area contributed by atoms with Crippen molar-refractivity contribution in [3.05, 3.63) is 71.1 Å². The van der Waals surface area contributed by atoms with Crippen LogP contribution < -0.4 is 9.47 Å². The molecular weight excluding hydrogens is 343 g/mol. The molecule has 0 saturated carbocycles. The highest BCUT2D eigenvalue weighted by Gasteiger charge is 2.29. The molecule has 1 aliphatic heterocycles. The lowest BCUT2D eigenvalue weighted by Crippen LogP contribution is -2.29. The molecule has 0 saturated heterocycles. The molecule has 0 spiro atoms. The van der Waals surface area contributed by atoms with Crippen molar-refractivity contribution in [2.24, 2.45) is 0 Å². The fourth-order valence-electron chi connectivity index (χ4n) is 3.24. The van der Waals surface area contributed by atoms with Crippen molar-refractivity contribution in [2.75, 3.05) is 6.61 Å². The van der Waals surface area contributed by atoms with Crippen LogP contribution in [0.5, 0.6) is 11.5 Å². The van der Waals surface area contributed by atoms with Gasteiger partial charge in [0.2, 0.25) is 0 Å². The van der Waals surface area contributed by atoms with Crippen molar-refractivity contribution in [2.45, 2.75) is 33.3 Å². The molecule has 0 amide bonds. The fraction of sp³-hybridized carbons (Fsp3) is 0.261. The van der Waals surface area contributed by atoms with E-state index < -0.39 is 11.4 Å². The van der Waals surface area contributed by atoms with E-state index in [-0.39, 0.29) is 11.9 Å². The Labute approximate surface area is 159 Å². The molecule has 1 aliphatic rings. The van der Waals surface area contributed by atoms with Crippen LogP contribution in [0.1, 0.15) is 44.4 Å². The monoisotopic (exact) mass is 366 g/mol. The molecule has 0 N–H and O–H groups in total. The summed E-state index contributed by atoms with van der Waals surface area (Å²) >= 11 is 0. The predicted octanol–water partition coefficient (Wildman–Crippen LogP) is 5.59. The van der Waals surface area contributed by atoms with Crippen LogP contribution in [0, 0.1) is 0 Å². The first-order valence-corrected chi connectivity index (χ1v) is 8.96. The highest BCUT2D eigenvalue weighted by molar-refractivity contribution is 5.91. The number of carbonyl (C=O) groups excluding carboxylic acids is 1. The van der Waals surface area contributed by atoms with E-state index in [0.717, 1.165) is 16.7 Å². The molecule has 27 heavy (non-hydrogen) atoms. The number of fused-ring (bicyclic) bond motifs is 1. The molecule has 1 heterocycles. The van der Waals surface area contributed by atoms with Crippen LogP contribution in [-0.4, -0.2) is 18.5 Å². The maximum absolute atomic E-state index is 14.0. The Morgan fingerprint density at radius 2 is 1.93 bits per heavy atom. The van der Waals surface area contributed by atoms with E-state index in [1.807, 2.05) is 57.2 Å². The first kappa shape index (κ1) is 18.9. The molecule has 0 unspecified atom stereocenters. The third-order valence-corrected chi connectivity index (χ3v) is 4.49. The third kappa shape index (κ3) is 3.80. The Morgan fingerprint density at radius 1 is 1.22 bits per heavy atom. The van der Waals surface area contributed by atoms with Gasteiger partial charge in [0.25, 0.3) is 0 Å². The average molecular weight is 366 g/mol.